The Bertz CT molecular complexity index is 554. The summed E-state index contributed by atoms with van der Waals surface area (Å²) in [5.41, 5.74) is 0. The molecule has 8 heteroatoms. The number of unbranched alkanes of at least 4 members (excludes halogenated alkanes) is 1. The maximum absolute atomic E-state index is 5.89. The molecule has 0 bridgehead atoms. The first-order chi connectivity index (χ1) is 13.2. The molecule has 6 nitrogen and oxygen atoms in total. The summed E-state index contributed by atoms with van der Waals surface area (Å²) < 4.78 is 11.2. The van der Waals surface area contributed by atoms with Crippen LogP contribution < -0.4 is 10.1 Å². The molecule has 1 aromatic rings. The molecular weight excluding hydrogens is 491 g/mol. The molecule has 0 unspecified atom stereocenters. The molecule has 2 rings (SSSR count). The summed E-state index contributed by atoms with van der Waals surface area (Å²) in [5.74, 6) is 1.77. The van der Waals surface area contributed by atoms with Gasteiger partial charge < -0.3 is 19.7 Å². The van der Waals surface area contributed by atoms with Crippen molar-refractivity contribution >= 4 is 41.5 Å². The van der Waals surface area contributed by atoms with Gasteiger partial charge in [-0.1, -0.05) is 11.6 Å². The average Bonchev–Trinajstić information content (AvgIpc) is 2.69. The number of benzene rings is 1. The second-order valence-electron chi connectivity index (χ2n) is 6.62. The summed E-state index contributed by atoms with van der Waals surface area (Å²) in [7, 11) is 2.04. The molecule has 0 aromatic heterocycles. The van der Waals surface area contributed by atoms with E-state index in [2.05, 4.69) is 22.0 Å². The molecule has 0 radical (unpaired) electrons. The predicted octanol–water partition coefficient (Wildman–Crippen LogP) is 3.35. The first kappa shape index (κ1) is 25.3. The van der Waals surface area contributed by atoms with Crippen LogP contribution in [0.25, 0.3) is 0 Å². The Morgan fingerprint density at radius 3 is 2.64 bits per heavy atom. The standard InChI is InChI=1S/C20H33ClN4O2.HI/c1-3-22-20(23-10-4-5-11-25-13-15-26-16-14-25)24(2)12-17-27-19-8-6-18(21)7-9-19;/h6-9H,3-5,10-17H2,1-2H3,(H,22,23);1H. The minimum absolute atomic E-state index is 0. The number of halogens is 2. The number of ether oxygens (including phenoxy) is 2. The van der Waals surface area contributed by atoms with Crippen molar-refractivity contribution in [2.45, 2.75) is 19.8 Å². The van der Waals surface area contributed by atoms with E-state index in [-0.39, 0.29) is 24.0 Å². The highest BCUT2D eigenvalue weighted by molar-refractivity contribution is 14.0. The molecule has 0 spiro atoms. The molecule has 0 saturated carbocycles. The zero-order chi connectivity index (χ0) is 19.3. The van der Waals surface area contributed by atoms with E-state index in [1.807, 2.05) is 31.3 Å². The lowest BCUT2D eigenvalue weighted by Crippen LogP contribution is -2.41. The normalized spacial score (nSPS) is 15.0. The van der Waals surface area contributed by atoms with Gasteiger partial charge in [0.2, 0.25) is 0 Å². The number of likely N-dealkylation sites (N-methyl/N-ethyl adjacent to an activating group) is 1. The van der Waals surface area contributed by atoms with E-state index in [4.69, 9.17) is 26.1 Å². The van der Waals surface area contributed by atoms with Crippen molar-refractivity contribution in [2.24, 2.45) is 4.99 Å². The van der Waals surface area contributed by atoms with Crippen LogP contribution in [0.3, 0.4) is 0 Å². The third-order valence-corrected chi connectivity index (χ3v) is 4.71. The van der Waals surface area contributed by atoms with E-state index in [1.165, 1.54) is 6.42 Å². The molecule has 1 aromatic carbocycles. The lowest BCUT2D eigenvalue weighted by Gasteiger charge is -2.26. The van der Waals surface area contributed by atoms with Crippen LogP contribution in [-0.4, -0.2) is 81.9 Å². The van der Waals surface area contributed by atoms with E-state index in [0.29, 0.717) is 6.61 Å². The monoisotopic (exact) mass is 524 g/mol. The second kappa shape index (κ2) is 15.1. The summed E-state index contributed by atoms with van der Waals surface area (Å²) in [6, 6.07) is 7.44. The second-order valence-corrected chi connectivity index (χ2v) is 7.06. The molecular formula is C20H34ClIN4O2. The average molecular weight is 525 g/mol. The van der Waals surface area contributed by atoms with Crippen molar-refractivity contribution in [2.75, 3.05) is 66.1 Å². The Kier molecular flexibility index (Phi) is 13.6. The highest BCUT2D eigenvalue weighted by atomic mass is 127. The first-order valence-corrected chi connectivity index (χ1v) is 10.2. The molecule has 160 valence electrons. The Morgan fingerprint density at radius 1 is 1.25 bits per heavy atom. The van der Waals surface area contributed by atoms with Crippen molar-refractivity contribution in [3.63, 3.8) is 0 Å². The van der Waals surface area contributed by atoms with Crippen molar-refractivity contribution < 1.29 is 9.47 Å². The summed E-state index contributed by atoms with van der Waals surface area (Å²) in [5, 5.41) is 4.07. The molecule has 0 atom stereocenters. The lowest BCUT2D eigenvalue weighted by atomic mass is 10.3. The van der Waals surface area contributed by atoms with Crippen molar-refractivity contribution in [1.82, 2.24) is 15.1 Å². The summed E-state index contributed by atoms with van der Waals surface area (Å²) in [4.78, 5) is 9.33. The van der Waals surface area contributed by atoms with Gasteiger partial charge in [-0.3, -0.25) is 9.89 Å². The van der Waals surface area contributed by atoms with Gasteiger partial charge in [0.15, 0.2) is 5.96 Å². The molecule has 28 heavy (non-hydrogen) atoms. The summed E-state index contributed by atoms with van der Waals surface area (Å²) in [6.07, 6.45) is 2.27. The lowest BCUT2D eigenvalue weighted by molar-refractivity contribution is 0.0373. The fraction of sp³-hybridized carbons (Fsp3) is 0.650. The van der Waals surface area contributed by atoms with Crippen molar-refractivity contribution in [3.8, 4) is 5.75 Å². The number of morpholine rings is 1. The highest BCUT2D eigenvalue weighted by Gasteiger charge is 2.09. The van der Waals surface area contributed by atoms with Crippen molar-refractivity contribution in [1.29, 1.82) is 0 Å². The van der Waals surface area contributed by atoms with E-state index < -0.39 is 0 Å². The number of nitrogens with one attached hydrogen (secondary N) is 1. The summed E-state index contributed by atoms with van der Waals surface area (Å²) in [6.45, 7) is 10.1. The van der Waals surface area contributed by atoms with E-state index in [9.17, 15) is 0 Å². The maximum atomic E-state index is 5.89. The van der Waals surface area contributed by atoms with Gasteiger partial charge in [-0.25, -0.2) is 0 Å². The third kappa shape index (κ3) is 10.1. The van der Waals surface area contributed by atoms with Gasteiger partial charge in [-0.15, -0.1) is 24.0 Å². The molecule has 1 aliphatic rings. The fourth-order valence-electron chi connectivity index (χ4n) is 2.86. The minimum Gasteiger partial charge on any atom is -0.492 e. The Hall–Kier alpha value is -0.770. The maximum Gasteiger partial charge on any atom is 0.193 e. The first-order valence-electron chi connectivity index (χ1n) is 9.87. The van der Waals surface area contributed by atoms with Crippen LogP contribution >= 0.6 is 35.6 Å². The number of hydrogen-bond donors (Lipinski definition) is 1. The zero-order valence-electron chi connectivity index (χ0n) is 17.0. The third-order valence-electron chi connectivity index (χ3n) is 4.45. The quantitative estimate of drug-likeness (QED) is 0.220. The largest absolute Gasteiger partial charge is 0.492 e. The van der Waals surface area contributed by atoms with E-state index >= 15 is 0 Å². The number of nitrogens with zero attached hydrogens (tertiary/aromatic N) is 3. The van der Waals surface area contributed by atoms with Crippen LogP contribution in [0, 0.1) is 0 Å². The molecule has 1 aliphatic heterocycles. The van der Waals surface area contributed by atoms with Gasteiger partial charge in [-0.05, 0) is 50.6 Å². The Labute approximate surface area is 191 Å². The van der Waals surface area contributed by atoms with Gasteiger partial charge in [0.25, 0.3) is 0 Å². The minimum atomic E-state index is 0. The SMILES string of the molecule is CCNC(=NCCCCN1CCOCC1)N(C)CCOc1ccc(Cl)cc1.I. The molecule has 0 amide bonds. The molecule has 1 heterocycles. The van der Waals surface area contributed by atoms with Gasteiger partial charge in [0, 0.05) is 38.2 Å². The smallest absolute Gasteiger partial charge is 0.193 e. The Morgan fingerprint density at radius 2 is 1.96 bits per heavy atom. The number of rotatable bonds is 10. The van der Waals surface area contributed by atoms with Crippen LogP contribution in [0.1, 0.15) is 19.8 Å². The van der Waals surface area contributed by atoms with Gasteiger partial charge in [0.05, 0.1) is 19.8 Å². The van der Waals surface area contributed by atoms with Crippen molar-refractivity contribution in [3.05, 3.63) is 29.3 Å². The van der Waals surface area contributed by atoms with E-state index in [1.54, 1.807) is 0 Å². The fourth-order valence-corrected chi connectivity index (χ4v) is 2.99. The molecule has 0 aliphatic carbocycles. The molecule has 1 saturated heterocycles. The highest BCUT2D eigenvalue weighted by Crippen LogP contribution is 2.15. The number of hydrogen-bond acceptors (Lipinski definition) is 4. The molecule has 1 fully saturated rings. The Balaban J connectivity index is 0.00000392. The number of aliphatic imine (C=N–C) groups is 1. The van der Waals surface area contributed by atoms with Crippen LogP contribution in [0.15, 0.2) is 29.3 Å². The summed E-state index contributed by atoms with van der Waals surface area (Å²) >= 11 is 5.89. The van der Waals surface area contributed by atoms with E-state index in [0.717, 1.165) is 75.6 Å². The topological polar surface area (TPSA) is 49.3 Å². The predicted molar refractivity (Wildman–Crippen MR) is 127 cm³/mol. The van der Waals surface area contributed by atoms with Crippen LogP contribution in [0.2, 0.25) is 5.02 Å². The van der Waals surface area contributed by atoms with Crippen LogP contribution in [0.4, 0.5) is 0 Å². The van der Waals surface area contributed by atoms with Gasteiger partial charge in [-0.2, -0.15) is 0 Å². The number of guanidine groups is 1. The van der Waals surface area contributed by atoms with Crippen LogP contribution in [-0.2, 0) is 4.74 Å². The van der Waals surface area contributed by atoms with Gasteiger partial charge >= 0.3 is 0 Å². The zero-order valence-corrected chi connectivity index (χ0v) is 20.1. The molecule has 1 N–H and O–H groups in total. The van der Waals surface area contributed by atoms with Gasteiger partial charge in [0.1, 0.15) is 12.4 Å². The van der Waals surface area contributed by atoms with Crippen LogP contribution in [0.5, 0.6) is 5.75 Å².